The number of nitrogens with one attached hydrogen (secondary N) is 1. The molecule has 1 aromatic carbocycles. The van der Waals surface area contributed by atoms with E-state index in [1.54, 1.807) is 13.2 Å². The van der Waals surface area contributed by atoms with E-state index in [0.717, 1.165) is 3.57 Å². The third-order valence-electron chi connectivity index (χ3n) is 1.43. The van der Waals surface area contributed by atoms with E-state index in [4.69, 9.17) is 10.5 Å². The molecule has 0 saturated carbocycles. The van der Waals surface area contributed by atoms with Crippen LogP contribution in [0.2, 0.25) is 0 Å². The monoisotopic (exact) mass is 292 g/mol. The van der Waals surface area contributed by atoms with Crippen molar-refractivity contribution in [3.8, 4) is 5.75 Å². The predicted molar refractivity (Wildman–Crippen MR) is 58.9 cm³/mol. The minimum absolute atomic E-state index is 0.578. The molecule has 0 heterocycles. The number of amides is 2. The molecule has 3 N–H and O–H groups in total. The number of anilines is 1. The molecule has 0 bridgehead atoms. The number of benzene rings is 1. The number of carbonyl (C=O) groups is 1. The predicted octanol–water partition coefficient (Wildman–Crippen LogP) is 1.79. The van der Waals surface area contributed by atoms with Crippen molar-refractivity contribution >= 4 is 34.3 Å². The smallest absolute Gasteiger partial charge is 0.316 e. The van der Waals surface area contributed by atoms with E-state index in [2.05, 4.69) is 27.9 Å². The number of methoxy groups -OCH3 is 1. The number of urea groups is 1. The van der Waals surface area contributed by atoms with Gasteiger partial charge in [0.1, 0.15) is 5.75 Å². The highest BCUT2D eigenvalue weighted by Crippen LogP contribution is 2.23. The van der Waals surface area contributed by atoms with Crippen molar-refractivity contribution in [2.45, 2.75) is 0 Å². The Hall–Kier alpha value is -0.980. The first kappa shape index (κ1) is 10.1. The number of hydrogen-bond donors (Lipinski definition) is 2. The van der Waals surface area contributed by atoms with Gasteiger partial charge in [0.15, 0.2) is 0 Å². The van der Waals surface area contributed by atoms with Gasteiger partial charge in [0.05, 0.1) is 12.8 Å². The van der Waals surface area contributed by atoms with E-state index in [1.807, 2.05) is 12.1 Å². The Labute approximate surface area is 89.6 Å². The van der Waals surface area contributed by atoms with Gasteiger partial charge in [-0.15, -0.1) is 0 Å². The topological polar surface area (TPSA) is 64.3 Å². The van der Waals surface area contributed by atoms with Gasteiger partial charge in [0.25, 0.3) is 0 Å². The molecule has 1 aromatic rings. The minimum atomic E-state index is -0.578. The fourth-order valence-corrected chi connectivity index (χ4v) is 1.33. The average Bonchev–Trinajstić information content (AvgIpc) is 2.08. The summed E-state index contributed by atoms with van der Waals surface area (Å²) in [7, 11) is 1.57. The molecule has 1 rings (SSSR count). The van der Waals surface area contributed by atoms with E-state index in [-0.39, 0.29) is 0 Å². The van der Waals surface area contributed by atoms with Crippen molar-refractivity contribution in [2.24, 2.45) is 5.73 Å². The second-order valence-corrected chi connectivity index (χ2v) is 3.50. The maximum Gasteiger partial charge on any atom is 0.316 e. The van der Waals surface area contributed by atoms with Gasteiger partial charge in [0, 0.05) is 9.64 Å². The third kappa shape index (κ3) is 2.76. The molecule has 5 heteroatoms. The van der Waals surface area contributed by atoms with Crippen LogP contribution in [-0.4, -0.2) is 13.1 Å². The first-order chi connectivity index (χ1) is 6.13. The van der Waals surface area contributed by atoms with Crippen LogP contribution in [0.1, 0.15) is 0 Å². The molecule has 0 aliphatic heterocycles. The molecule has 0 saturated heterocycles. The van der Waals surface area contributed by atoms with Crippen LogP contribution < -0.4 is 15.8 Å². The first-order valence-electron chi connectivity index (χ1n) is 3.53. The molecular weight excluding hydrogens is 283 g/mol. The van der Waals surface area contributed by atoms with Crippen LogP contribution in [-0.2, 0) is 0 Å². The number of hydrogen-bond acceptors (Lipinski definition) is 2. The van der Waals surface area contributed by atoms with Crippen LogP contribution >= 0.6 is 22.6 Å². The molecule has 0 spiro atoms. The molecule has 0 aliphatic rings. The fraction of sp³-hybridized carbons (Fsp3) is 0.125. The Kier molecular flexibility index (Phi) is 3.35. The molecule has 0 atom stereocenters. The molecule has 4 nitrogen and oxygen atoms in total. The molecule has 70 valence electrons. The summed E-state index contributed by atoms with van der Waals surface area (Å²) in [6.07, 6.45) is 0. The second-order valence-electron chi connectivity index (χ2n) is 2.34. The highest BCUT2D eigenvalue weighted by atomic mass is 127. The van der Waals surface area contributed by atoms with Gasteiger partial charge in [-0.2, -0.15) is 0 Å². The Morgan fingerprint density at radius 3 is 2.85 bits per heavy atom. The summed E-state index contributed by atoms with van der Waals surface area (Å²) in [6, 6.07) is 4.79. The van der Waals surface area contributed by atoms with Gasteiger partial charge < -0.3 is 15.8 Å². The summed E-state index contributed by atoms with van der Waals surface area (Å²) < 4.78 is 5.91. The Bertz CT molecular complexity index is 328. The standard InChI is InChI=1S/C8H9IN2O2/c1-13-5-2-3-6(9)7(4-5)11-8(10)12/h2-4H,1H3,(H3,10,11,12). The van der Waals surface area contributed by atoms with E-state index >= 15 is 0 Å². The highest BCUT2D eigenvalue weighted by molar-refractivity contribution is 14.1. The summed E-state index contributed by atoms with van der Waals surface area (Å²) >= 11 is 2.10. The number of halogens is 1. The number of ether oxygens (including phenoxy) is 1. The number of primary amides is 1. The molecule has 2 amide bonds. The maximum atomic E-state index is 10.6. The van der Waals surface area contributed by atoms with Crippen LogP contribution in [0, 0.1) is 3.57 Å². The molecular formula is C8H9IN2O2. The van der Waals surface area contributed by atoms with Crippen molar-refractivity contribution in [1.29, 1.82) is 0 Å². The zero-order valence-corrected chi connectivity index (χ0v) is 9.16. The van der Waals surface area contributed by atoms with E-state index in [1.165, 1.54) is 0 Å². The largest absolute Gasteiger partial charge is 0.497 e. The Morgan fingerprint density at radius 1 is 1.62 bits per heavy atom. The summed E-state index contributed by atoms with van der Waals surface area (Å²) in [5, 5.41) is 2.50. The van der Waals surface area contributed by atoms with Crippen molar-refractivity contribution in [3.05, 3.63) is 21.8 Å². The number of nitrogens with two attached hydrogens (primary N) is 1. The van der Waals surface area contributed by atoms with E-state index in [9.17, 15) is 4.79 Å². The normalized spacial score (nSPS) is 9.38. The van der Waals surface area contributed by atoms with Crippen molar-refractivity contribution in [1.82, 2.24) is 0 Å². The lowest BCUT2D eigenvalue weighted by atomic mass is 10.3. The van der Waals surface area contributed by atoms with E-state index < -0.39 is 6.03 Å². The van der Waals surface area contributed by atoms with Crippen LogP contribution in [0.5, 0.6) is 5.75 Å². The highest BCUT2D eigenvalue weighted by Gasteiger charge is 2.03. The van der Waals surface area contributed by atoms with Crippen LogP contribution in [0.25, 0.3) is 0 Å². The summed E-state index contributed by atoms with van der Waals surface area (Å²) in [5.74, 6) is 0.684. The SMILES string of the molecule is COc1ccc(I)c(NC(N)=O)c1. The lowest BCUT2D eigenvalue weighted by Gasteiger charge is -2.06. The van der Waals surface area contributed by atoms with Crippen molar-refractivity contribution < 1.29 is 9.53 Å². The van der Waals surface area contributed by atoms with E-state index in [0.29, 0.717) is 11.4 Å². The van der Waals surface area contributed by atoms with Crippen LogP contribution in [0.15, 0.2) is 18.2 Å². The van der Waals surface area contributed by atoms with Gasteiger partial charge in [-0.3, -0.25) is 0 Å². The zero-order valence-electron chi connectivity index (χ0n) is 7.00. The lowest BCUT2D eigenvalue weighted by Crippen LogP contribution is -2.19. The van der Waals surface area contributed by atoms with Crippen LogP contribution in [0.3, 0.4) is 0 Å². The quantitative estimate of drug-likeness (QED) is 0.816. The average molecular weight is 292 g/mol. The third-order valence-corrected chi connectivity index (χ3v) is 2.37. The van der Waals surface area contributed by atoms with Crippen LogP contribution in [0.4, 0.5) is 10.5 Å². The van der Waals surface area contributed by atoms with Gasteiger partial charge in [-0.05, 0) is 34.7 Å². The Morgan fingerprint density at radius 2 is 2.31 bits per heavy atom. The van der Waals surface area contributed by atoms with Gasteiger partial charge >= 0.3 is 6.03 Å². The molecule has 0 unspecified atom stereocenters. The van der Waals surface area contributed by atoms with Crippen molar-refractivity contribution in [3.63, 3.8) is 0 Å². The summed E-state index contributed by atoms with van der Waals surface area (Å²) in [5.41, 5.74) is 5.65. The van der Waals surface area contributed by atoms with Gasteiger partial charge in [-0.1, -0.05) is 0 Å². The van der Waals surface area contributed by atoms with Gasteiger partial charge in [-0.25, -0.2) is 4.79 Å². The number of carbonyl (C=O) groups excluding carboxylic acids is 1. The molecule has 0 radical (unpaired) electrons. The second kappa shape index (κ2) is 4.31. The Balaban J connectivity index is 2.96. The molecule has 0 aliphatic carbocycles. The summed E-state index contributed by atoms with van der Waals surface area (Å²) in [4.78, 5) is 10.6. The lowest BCUT2D eigenvalue weighted by molar-refractivity contribution is 0.259. The first-order valence-corrected chi connectivity index (χ1v) is 4.61. The van der Waals surface area contributed by atoms with Gasteiger partial charge in [0.2, 0.25) is 0 Å². The van der Waals surface area contributed by atoms with Crippen molar-refractivity contribution in [2.75, 3.05) is 12.4 Å². The summed E-state index contributed by atoms with van der Waals surface area (Å²) in [6.45, 7) is 0. The minimum Gasteiger partial charge on any atom is -0.497 e. The number of rotatable bonds is 2. The molecule has 0 fully saturated rings. The zero-order chi connectivity index (χ0) is 9.84. The molecule has 13 heavy (non-hydrogen) atoms. The molecule has 0 aromatic heterocycles. The fourth-order valence-electron chi connectivity index (χ4n) is 0.860. The maximum absolute atomic E-state index is 10.6.